The van der Waals surface area contributed by atoms with Gasteiger partial charge in [-0.3, -0.25) is 0 Å². The summed E-state index contributed by atoms with van der Waals surface area (Å²) in [6.45, 7) is 2.71. The lowest BCUT2D eigenvalue weighted by atomic mass is 10.2. The van der Waals surface area contributed by atoms with Gasteiger partial charge >= 0.3 is 0 Å². The molecule has 1 aromatic carbocycles. The molecule has 14 heavy (non-hydrogen) atoms. The summed E-state index contributed by atoms with van der Waals surface area (Å²) in [5, 5.41) is 0.922. The first-order chi connectivity index (χ1) is 6.66. The maximum Gasteiger partial charge on any atom is 0.123 e. The van der Waals surface area contributed by atoms with Crippen molar-refractivity contribution in [3.05, 3.63) is 36.3 Å². The Morgan fingerprint density at radius 1 is 1.43 bits per heavy atom. The van der Waals surface area contributed by atoms with Crippen molar-refractivity contribution in [3.63, 3.8) is 0 Å². The number of hydrogen-bond acceptors (Lipinski definition) is 1. The second kappa shape index (κ2) is 3.42. The molecule has 0 aliphatic heterocycles. The molecule has 2 N–H and O–H groups in total. The third-order valence-corrected chi connectivity index (χ3v) is 2.22. The van der Waals surface area contributed by atoms with E-state index < -0.39 is 0 Å². The Morgan fingerprint density at radius 2 is 2.21 bits per heavy atom. The molecule has 0 radical (unpaired) electrons. The zero-order valence-corrected chi connectivity index (χ0v) is 8.07. The van der Waals surface area contributed by atoms with Crippen LogP contribution < -0.4 is 5.73 Å². The molecule has 74 valence electrons. The summed E-state index contributed by atoms with van der Waals surface area (Å²) < 4.78 is 14.9. The van der Waals surface area contributed by atoms with Crippen LogP contribution in [0, 0.1) is 5.82 Å². The van der Waals surface area contributed by atoms with Gasteiger partial charge in [0, 0.05) is 29.7 Å². The molecular weight excluding hydrogens is 179 g/mol. The molecule has 2 rings (SSSR count). The lowest BCUT2D eigenvalue weighted by Crippen LogP contribution is -2.21. The van der Waals surface area contributed by atoms with Crippen molar-refractivity contribution in [2.45, 2.75) is 19.5 Å². The molecule has 1 atom stereocenters. The van der Waals surface area contributed by atoms with Crippen LogP contribution in [-0.2, 0) is 6.54 Å². The smallest absolute Gasteiger partial charge is 0.123 e. The highest BCUT2D eigenvalue weighted by atomic mass is 19.1. The SMILES string of the molecule is CC(N)Cn1ccc2cc(F)ccc21. The van der Waals surface area contributed by atoms with E-state index >= 15 is 0 Å². The average molecular weight is 192 g/mol. The monoisotopic (exact) mass is 192 g/mol. The highest BCUT2D eigenvalue weighted by Crippen LogP contribution is 2.17. The van der Waals surface area contributed by atoms with Gasteiger partial charge in [0.1, 0.15) is 5.82 Å². The van der Waals surface area contributed by atoms with Crippen LogP contribution in [0.1, 0.15) is 6.92 Å². The Morgan fingerprint density at radius 3 is 2.93 bits per heavy atom. The molecule has 0 bridgehead atoms. The lowest BCUT2D eigenvalue weighted by Gasteiger charge is -2.07. The van der Waals surface area contributed by atoms with Crippen molar-refractivity contribution in [2.75, 3.05) is 0 Å². The van der Waals surface area contributed by atoms with E-state index in [2.05, 4.69) is 0 Å². The number of halogens is 1. The van der Waals surface area contributed by atoms with E-state index in [0.29, 0.717) is 0 Å². The summed E-state index contributed by atoms with van der Waals surface area (Å²) in [5.74, 6) is -0.198. The zero-order valence-electron chi connectivity index (χ0n) is 8.07. The van der Waals surface area contributed by atoms with Crippen LogP contribution in [0.2, 0.25) is 0 Å². The molecule has 0 aliphatic rings. The molecule has 1 aromatic heterocycles. The van der Waals surface area contributed by atoms with Gasteiger partial charge in [-0.1, -0.05) is 0 Å². The Hall–Kier alpha value is -1.35. The minimum Gasteiger partial charge on any atom is -0.346 e. The zero-order chi connectivity index (χ0) is 10.1. The number of fused-ring (bicyclic) bond motifs is 1. The maximum absolute atomic E-state index is 12.9. The molecule has 0 aliphatic carbocycles. The minimum atomic E-state index is -0.198. The first-order valence-corrected chi connectivity index (χ1v) is 4.67. The molecule has 0 amide bonds. The van der Waals surface area contributed by atoms with Crippen molar-refractivity contribution in [3.8, 4) is 0 Å². The average Bonchev–Trinajstić information content (AvgIpc) is 2.47. The van der Waals surface area contributed by atoms with Gasteiger partial charge < -0.3 is 10.3 Å². The van der Waals surface area contributed by atoms with Gasteiger partial charge in [-0.05, 0) is 31.2 Å². The van der Waals surface area contributed by atoms with Crippen LogP contribution in [0.25, 0.3) is 10.9 Å². The van der Waals surface area contributed by atoms with Gasteiger partial charge in [0.15, 0.2) is 0 Å². The van der Waals surface area contributed by atoms with Crippen LogP contribution in [0.3, 0.4) is 0 Å². The quantitative estimate of drug-likeness (QED) is 0.776. The molecule has 2 nitrogen and oxygen atoms in total. The third-order valence-electron chi connectivity index (χ3n) is 2.22. The number of nitrogens with two attached hydrogens (primary N) is 1. The van der Waals surface area contributed by atoms with Gasteiger partial charge in [-0.15, -0.1) is 0 Å². The molecule has 0 spiro atoms. The first kappa shape index (κ1) is 9.21. The van der Waals surface area contributed by atoms with Gasteiger partial charge in [0.05, 0.1) is 0 Å². The van der Waals surface area contributed by atoms with E-state index in [1.807, 2.05) is 23.8 Å². The van der Waals surface area contributed by atoms with Gasteiger partial charge in [-0.2, -0.15) is 0 Å². The number of aromatic nitrogens is 1. The van der Waals surface area contributed by atoms with Crippen molar-refractivity contribution in [1.29, 1.82) is 0 Å². The molecule has 2 aromatic rings. The minimum absolute atomic E-state index is 0.107. The molecule has 0 fully saturated rings. The van der Waals surface area contributed by atoms with Gasteiger partial charge in [-0.25, -0.2) is 4.39 Å². The van der Waals surface area contributed by atoms with E-state index in [0.717, 1.165) is 17.4 Å². The molecule has 0 saturated heterocycles. The molecular formula is C11H13FN2. The first-order valence-electron chi connectivity index (χ1n) is 4.67. The predicted octanol–water partition coefficient (Wildman–Crippen LogP) is 2.13. The van der Waals surface area contributed by atoms with Gasteiger partial charge in [0.2, 0.25) is 0 Å². The molecule has 3 heteroatoms. The van der Waals surface area contributed by atoms with Crippen LogP contribution in [-0.4, -0.2) is 10.6 Å². The molecule has 1 unspecified atom stereocenters. The fourth-order valence-corrected chi connectivity index (χ4v) is 1.64. The Kier molecular flexibility index (Phi) is 2.25. The standard InChI is InChI=1S/C11H13FN2/c1-8(13)7-14-5-4-9-6-10(12)2-3-11(9)14/h2-6,8H,7,13H2,1H3. The predicted molar refractivity (Wildman–Crippen MR) is 55.5 cm³/mol. The highest BCUT2D eigenvalue weighted by Gasteiger charge is 2.03. The summed E-state index contributed by atoms with van der Waals surface area (Å²) in [6.07, 6.45) is 1.94. The Balaban J connectivity index is 2.47. The number of benzene rings is 1. The Labute approximate surface area is 82.1 Å². The van der Waals surface area contributed by atoms with E-state index in [-0.39, 0.29) is 11.9 Å². The highest BCUT2D eigenvalue weighted by molar-refractivity contribution is 5.80. The second-order valence-electron chi connectivity index (χ2n) is 3.65. The topological polar surface area (TPSA) is 30.9 Å². The van der Waals surface area contributed by atoms with Crippen molar-refractivity contribution in [1.82, 2.24) is 4.57 Å². The summed E-state index contributed by atoms with van der Waals surface area (Å²) in [4.78, 5) is 0. The third kappa shape index (κ3) is 1.63. The normalized spacial score (nSPS) is 13.4. The van der Waals surface area contributed by atoms with Crippen molar-refractivity contribution < 1.29 is 4.39 Å². The van der Waals surface area contributed by atoms with Crippen molar-refractivity contribution in [2.24, 2.45) is 5.73 Å². The fraction of sp³-hybridized carbons (Fsp3) is 0.273. The summed E-state index contributed by atoms with van der Waals surface area (Å²) in [7, 11) is 0. The van der Waals surface area contributed by atoms with Crippen LogP contribution in [0.15, 0.2) is 30.5 Å². The molecule has 1 heterocycles. The van der Waals surface area contributed by atoms with Crippen LogP contribution >= 0.6 is 0 Å². The Bertz CT molecular complexity index is 445. The van der Waals surface area contributed by atoms with Crippen molar-refractivity contribution >= 4 is 10.9 Å². The summed E-state index contributed by atoms with van der Waals surface area (Å²) >= 11 is 0. The lowest BCUT2D eigenvalue weighted by molar-refractivity contribution is 0.604. The van der Waals surface area contributed by atoms with E-state index in [9.17, 15) is 4.39 Å². The largest absolute Gasteiger partial charge is 0.346 e. The van der Waals surface area contributed by atoms with E-state index in [4.69, 9.17) is 5.73 Å². The fourth-order valence-electron chi connectivity index (χ4n) is 1.64. The van der Waals surface area contributed by atoms with Crippen LogP contribution in [0.5, 0.6) is 0 Å². The number of nitrogens with zero attached hydrogens (tertiary/aromatic N) is 1. The van der Waals surface area contributed by atoms with Crippen LogP contribution in [0.4, 0.5) is 4.39 Å². The van der Waals surface area contributed by atoms with E-state index in [1.165, 1.54) is 12.1 Å². The maximum atomic E-state index is 12.9. The van der Waals surface area contributed by atoms with E-state index in [1.54, 1.807) is 6.07 Å². The number of rotatable bonds is 2. The second-order valence-corrected chi connectivity index (χ2v) is 3.65. The summed E-state index contributed by atoms with van der Waals surface area (Å²) in [5.41, 5.74) is 6.74. The number of hydrogen-bond donors (Lipinski definition) is 1. The molecule has 0 saturated carbocycles. The van der Waals surface area contributed by atoms with Gasteiger partial charge in [0.25, 0.3) is 0 Å². The summed E-state index contributed by atoms with van der Waals surface area (Å²) in [6, 6.07) is 6.80.